The molecule has 1 atom stereocenters. The monoisotopic (exact) mass is 802 g/mol. The number of hydrogen-bond acceptors (Lipinski definition) is 11. The molecule has 12 nitrogen and oxygen atoms in total. The van der Waals surface area contributed by atoms with Gasteiger partial charge in [-0.25, -0.2) is 9.59 Å². The van der Waals surface area contributed by atoms with Crippen molar-refractivity contribution < 1.29 is 42.6 Å². The topological polar surface area (TPSA) is 141 Å². The van der Waals surface area contributed by atoms with Crippen molar-refractivity contribution in [1.29, 1.82) is 0 Å². The fourth-order valence-corrected chi connectivity index (χ4v) is 5.95. The first-order valence-corrected chi connectivity index (χ1v) is 17.4. The van der Waals surface area contributed by atoms with E-state index < -0.39 is 30.3 Å². The minimum atomic E-state index is -0.631. The predicted molar refractivity (Wildman–Crippen MR) is 198 cm³/mol. The maximum absolute atomic E-state index is 13.1. The Morgan fingerprint density at radius 3 is 2.22 bits per heavy atom. The molecule has 2 aliphatic rings. The number of carbonyl (C=O) groups excluding carboxylic acids is 3. The van der Waals surface area contributed by atoms with Crippen LogP contribution in [0, 0.1) is 3.57 Å². The first-order valence-electron chi connectivity index (χ1n) is 16.3. The molecule has 0 amide bonds. The summed E-state index contributed by atoms with van der Waals surface area (Å²) in [4.78, 5) is 49.8. The Hall–Kier alpha value is -3.41. The average molecular weight is 802 g/mol. The zero-order chi connectivity index (χ0) is 36.8. The van der Waals surface area contributed by atoms with Crippen LogP contribution in [0.3, 0.4) is 0 Å². The molecule has 1 saturated heterocycles. The summed E-state index contributed by atoms with van der Waals surface area (Å²) in [5, 5.41) is 3.69. The first kappa shape index (κ1) is 39.4. The maximum Gasteiger partial charge on any atom is 0.494 e. The number of halogens is 1. The van der Waals surface area contributed by atoms with Gasteiger partial charge in [0.2, 0.25) is 5.43 Å². The van der Waals surface area contributed by atoms with E-state index in [1.54, 1.807) is 52.5 Å². The molecule has 3 aromatic rings. The number of methoxy groups -OCH3 is 2. The molecule has 1 fully saturated rings. The van der Waals surface area contributed by atoms with E-state index in [1.807, 2.05) is 56.5 Å². The number of ether oxygens (including phenoxy) is 4. The summed E-state index contributed by atoms with van der Waals surface area (Å²) in [6, 6.07) is 10.7. The third-order valence-corrected chi connectivity index (χ3v) is 9.45. The van der Waals surface area contributed by atoms with Gasteiger partial charge in [-0.05, 0) is 99.4 Å². The summed E-state index contributed by atoms with van der Waals surface area (Å²) >= 11 is 2.14. The van der Waals surface area contributed by atoms with Gasteiger partial charge in [-0.15, -0.1) is 0 Å². The van der Waals surface area contributed by atoms with Gasteiger partial charge in [-0.3, -0.25) is 14.9 Å². The highest BCUT2D eigenvalue weighted by Crippen LogP contribution is 2.37. The Kier molecular flexibility index (Phi) is 13.2. The molecule has 1 unspecified atom stereocenters. The van der Waals surface area contributed by atoms with Crippen LogP contribution in [0.15, 0.2) is 59.0 Å². The molecule has 0 saturated carbocycles. The number of rotatable bonds is 11. The van der Waals surface area contributed by atoms with E-state index in [-0.39, 0.29) is 48.3 Å². The predicted octanol–water partition coefficient (Wildman–Crippen LogP) is 4.34. The zero-order valence-corrected chi connectivity index (χ0v) is 31.9. The molecule has 1 N–H and O–H groups in total. The van der Waals surface area contributed by atoms with E-state index in [4.69, 9.17) is 28.3 Å². The summed E-state index contributed by atoms with van der Waals surface area (Å²) < 4.78 is 35.2. The first-order chi connectivity index (χ1) is 23.7. The van der Waals surface area contributed by atoms with E-state index in [9.17, 15) is 19.2 Å². The number of carbonyl (C=O) groups is 3. The number of esters is 2. The van der Waals surface area contributed by atoms with Crippen LogP contribution in [0.2, 0.25) is 0 Å². The molecule has 1 aromatic heterocycles. The van der Waals surface area contributed by atoms with Gasteiger partial charge in [0.25, 0.3) is 0 Å². The van der Waals surface area contributed by atoms with Crippen molar-refractivity contribution in [3.8, 4) is 0 Å². The Labute approximate surface area is 306 Å². The van der Waals surface area contributed by atoms with Gasteiger partial charge in [0.1, 0.15) is 11.1 Å². The van der Waals surface area contributed by atoms with Gasteiger partial charge < -0.3 is 32.8 Å². The second kappa shape index (κ2) is 16.7. The van der Waals surface area contributed by atoms with Gasteiger partial charge in [-0.2, -0.15) is 0 Å². The van der Waals surface area contributed by atoms with Crippen molar-refractivity contribution in [3.05, 3.63) is 84.7 Å². The van der Waals surface area contributed by atoms with E-state index in [2.05, 4.69) is 27.9 Å². The SMILES string of the molecule is CCOC(=O)C1=CC(NCOC)c2ccc(B3OC(C)(C)C(C)(C)O3)cc2C1=O.CCOC(=O)c1cn(CCOC)c2ccc(I)cc2c1=O. The van der Waals surface area contributed by atoms with Crippen LogP contribution < -0.4 is 16.2 Å². The van der Waals surface area contributed by atoms with Crippen LogP contribution in [-0.2, 0) is 39.6 Å². The van der Waals surface area contributed by atoms with E-state index in [1.165, 1.54) is 0 Å². The highest BCUT2D eigenvalue weighted by Gasteiger charge is 2.52. The van der Waals surface area contributed by atoms with Crippen LogP contribution in [0.25, 0.3) is 10.9 Å². The number of aromatic nitrogens is 1. The molecule has 1 aliphatic heterocycles. The minimum absolute atomic E-state index is 0.0130. The van der Waals surface area contributed by atoms with Crippen LogP contribution >= 0.6 is 22.6 Å². The molecule has 0 bridgehead atoms. The molecule has 1 aliphatic carbocycles. The van der Waals surface area contributed by atoms with Gasteiger partial charge >= 0.3 is 19.1 Å². The van der Waals surface area contributed by atoms with E-state index >= 15 is 0 Å². The van der Waals surface area contributed by atoms with Crippen molar-refractivity contribution >= 4 is 63.8 Å². The summed E-state index contributed by atoms with van der Waals surface area (Å²) in [7, 11) is 2.58. The van der Waals surface area contributed by atoms with Crippen LogP contribution in [0.1, 0.15) is 73.9 Å². The maximum atomic E-state index is 13.1. The number of fused-ring (bicyclic) bond motifs is 2. The van der Waals surface area contributed by atoms with E-state index in [0.717, 1.165) is 20.1 Å². The van der Waals surface area contributed by atoms with Crippen LogP contribution in [-0.4, -0.2) is 81.4 Å². The van der Waals surface area contributed by atoms with Gasteiger partial charge in [0, 0.05) is 41.5 Å². The molecule has 2 aromatic carbocycles. The Balaban J connectivity index is 0.000000237. The molecule has 0 radical (unpaired) electrons. The molecule has 268 valence electrons. The molecule has 0 spiro atoms. The summed E-state index contributed by atoms with van der Waals surface area (Å²) in [6.07, 6.45) is 3.14. The summed E-state index contributed by atoms with van der Waals surface area (Å²) in [5.41, 5.74) is 1.50. The number of ketones is 1. The average Bonchev–Trinajstić information content (AvgIpc) is 3.30. The molecular weight excluding hydrogens is 758 g/mol. The summed E-state index contributed by atoms with van der Waals surface area (Å²) in [5.74, 6) is -1.59. The lowest BCUT2D eigenvalue weighted by atomic mass is 9.75. The quantitative estimate of drug-likeness (QED) is 0.0975. The highest BCUT2D eigenvalue weighted by atomic mass is 127. The molecular formula is C36H44BIN2O10. The Morgan fingerprint density at radius 2 is 1.60 bits per heavy atom. The number of benzene rings is 2. The van der Waals surface area contributed by atoms with Crippen LogP contribution in [0.4, 0.5) is 0 Å². The second-order valence-corrected chi connectivity index (χ2v) is 13.9. The molecule has 50 heavy (non-hydrogen) atoms. The third kappa shape index (κ3) is 8.54. The van der Waals surface area contributed by atoms with Gasteiger partial charge in [0.05, 0.1) is 49.3 Å². The minimum Gasteiger partial charge on any atom is -0.462 e. The molecule has 5 rings (SSSR count). The molecule has 2 heterocycles. The van der Waals surface area contributed by atoms with E-state index in [0.29, 0.717) is 24.1 Å². The van der Waals surface area contributed by atoms with Crippen molar-refractivity contribution in [2.24, 2.45) is 0 Å². The number of hydrogen-bond donors (Lipinski definition) is 1. The largest absolute Gasteiger partial charge is 0.494 e. The fraction of sp³-hybridized carbons (Fsp3) is 0.444. The standard InChI is InChI=1S/C21H28BNO6.C15H16INO4/c1-7-27-19(25)16-11-17(23-12-26-6)14-9-8-13(10-15(14)18(16)24)22-28-20(2,3)21(4,5)29-22;1-3-21-15(19)12-9-17(6-7-20-2)13-5-4-10(16)8-11(13)14(12)18/h8-11,17,23H,7,12H2,1-6H3;4-5,8-9H,3,6-7H2,1-2H3. The third-order valence-electron chi connectivity index (χ3n) is 8.78. The van der Waals surface area contributed by atoms with Gasteiger partial charge in [0.15, 0.2) is 5.78 Å². The smallest absolute Gasteiger partial charge is 0.462 e. The van der Waals surface area contributed by atoms with Crippen LogP contribution in [0.5, 0.6) is 0 Å². The van der Waals surface area contributed by atoms with Gasteiger partial charge in [-0.1, -0.05) is 18.2 Å². The zero-order valence-electron chi connectivity index (χ0n) is 29.7. The number of Topliss-reactive ketones (excluding diaryl/α,β-unsaturated/α-hetero) is 1. The lowest BCUT2D eigenvalue weighted by Gasteiger charge is -2.32. The lowest BCUT2D eigenvalue weighted by molar-refractivity contribution is -0.138. The fourth-order valence-electron chi connectivity index (χ4n) is 5.45. The number of nitrogens with one attached hydrogen (secondary N) is 1. The van der Waals surface area contributed by atoms with Crippen molar-refractivity contribution in [1.82, 2.24) is 9.88 Å². The Morgan fingerprint density at radius 1 is 0.940 bits per heavy atom. The van der Waals surface area contributed by atoms with Crippen molar-refractivity contribution in [2.75, 3.05) is 40.8 Å². The second-order valence-electron chi connectivity index (χ2n) is 12.6. The lowest BCUT2D eigenvalue weighted by Crippen LogP contribution is -2.41. The Bertz CT molecular complexity index is 1820. The van der Waals surface area contributed by atoms with Crippen molar-refractivity contribution in [2.45, 2.75) is 65.3 Å². The normalized spacial score (nSPS) is 17.5. The highest BCUT2D eigenvalue weighted by molar-refractivity contribution is 14.1. The molecule has 14 heteroatoms. The summed E-state index contributed by atoms with van der Waals surface area (Å²) in [6.45, 7) is 13.1. The number of nitrogens with zero attached hydrogens (tertiary/aromatic N) is 1. The number of pyridine rings is 1. The van der Waals surface area contributed by atoms with Crippen molar-refractivity contribution in [3.63, 3.8) is 0 Å².